The van der Waals surface area contributed by atoms with Crippen LogP contribution >= 0.6 is 11.6 Å². The molecule has 0 aliphatic rings. The van der Waals surface area contributed by atoms with Crippen LogP contribution in [0.25, 0.3) is 10.9 Å². The first-order valence-electron chi connectivity index (χ1n) is 6.36. The Hall–Kier alpha value is -2.13. The maximum atomic E-state index is 5.85. The zero-order valence-electron chi connectivity index (χ0n) is 11.1. The van der Waals surface area contributed by atoms with Crippen LogP contribution in [0.1, 0.15) is 5.69 Å². The van der Waals surface area contributed by atoms with Crippen LogP contribution in [-0.4, -0.2) is 4.57 Å². The van der Waals surface area contributed by atoms with Gasteiger partial charge in [-0.1, -0.05) is 11.6 Å². The molecule has 3 aromatic rings. The van der Waals surface area contributed by atoms with Crippen molar-refractivity contribution >= 4 is 28.2 Å². The smallest absolute Gasteiger partial charge is 0.128 e. The average molecular weight is 287 g/mol. The van der Waals surface area contributed by atoms with Gasteiger partial charge in [-0.25, -0.2) is 0 Å². The summed E-state index contributed by atoms with van der Waals surface area (Å²) in [6, 6.07) is 15.4. The van der Waals surface area contributed by atoms with Gasteiger partial charge in [0.05, 0.1) is 5.69 Å². The molecule has 0 fully saturated rings. The van der Waals surface area contributed by atoms with Gasteiger partial charge in [0.15, 0.2) is 0 Å². The van der Waals surface area contributed by atoms with Gasteiger partial charge in [-0.2, -0.15) is 0 Å². The van der Waals surface area contributed by atoms with Crippen LogP contribution in [0.4, 0.5) is 5.69 Å². The first kappa shape index (κ1) is 12.9. The molecule has 0 saturated carbocycles. The normalized spacial score (nSPS) is 10.9. The molecule has 0 amide bonds. The molecular weight excluding hydrogens is 272 g/mol. The highest BCUT2D eigenvalue weighted by Gasteiger charge is 2.06. The Bertz CT molecular complexity index is 747. The van der Waals surface area contributed by atoms with Crippen LogP contribution in [0.15, 0.2) is 48.5 Å². The molecule has 102 valence electrons. The minimum Gasteiger partial charge on any atom is -0.487 e. The van der Waals surface area contributed by atoms with Crippen molar-refractivity contribution in [3.05, 3.63) is 59.2 Å². The summed E-state index contributed by atoms with van der Waals surface area (Å²) in [7, 11) is 2.03. The Labute approximate surface area is 122 Å². The second-order valence-corrected chi connectivity index (χ2v) is 5.19. The van der Waals surface area contributed by atoms with Gasteiger partial charge in [-0.15, -0.1) is 0 Å². The SMILES string of the molecule is Cn1c(COc2ccc(Cl)cc2)cc2cc(N)ccc21. The number of benzene rings is 2. The molecule has 0 spiro atoms. The van der Waals surface area contributed by atoms with E-state index in [1.165, 1.54) is 0 Å². The van der Waals surface area contributed by atoms with Crippen LogP contribution in [0.3, 0.4) is 0 Å². The summed E-state index contributed by atoms with van der Waals surface area (Å²) >= 11 is 5.85. The van der Waals surface area contributed by atoms with Crippen molar-refractivity contribution in [1.82, 2.24) is 4.57 Å². The number of aryl methyl sites for hydroxylation is 1. The van der Waals surface area contributed by atoms with E-state index in [1.54, 1.807) is 0 Å². The predicted octanol–water partition coefficient (Wildman–Crippen LogP) is 3.99. The standard InChI is InChI=1S/C16H15ClN2O/c1-19-14(9-11-8-13(18)4-7-16(11)19)10-20-15-5-2-12(17)3-6-15/h2-9H,10,18H2,1H3. The molecule has 0 aliphatic heterocycles. The van der Waals surface area contributed by atoms with Crippen molar-refractivity contribution in [2.24, 2.45) is 7.05 Å². The molecule has 3 rings (SSSR count). The number of nitrogen functional groups attached to an aromatic ring is 1. The molecule has 2 N–H and O–H groups in total. The second kappa shape index (κ2) is 5.10. The van der Waals surface area contributed by atoms with E-state index in [1.807, 2.05) is 49.5 Å². The molecule has 0 atom stereocenters. The topological polar surface area (TPSA) is 40.2 Å². The number of anilines is 1. The van der Waals surface area contributed by atoms with E-state index in [4.69, 9.17) is 22.1 Å². The third kappa shape index (κ3) is 2.45. The maximum Gasteiger partial charge on any atom is 0.128 e. The van der Waals surface area contributed by atoms with Crippen LogP contribution in [0.5, 0.6) is 5.75 Å². The minimum absolute atomic E-state index is 0.507. The van der Waals surface area contributed by atoms with E-state index < -0.39 is 0 Å². The molecule has 1 heterocycles. The lowest BCUT2D eigenvalue weighted by Crippen LogP contribution is -2.01. The Kier molecular flexibility index (Phi) is 3.28. The summed E-state index contributed by atoms with van der Waals surface area (Å²) in [4.78, 5) is 0. The van der Waals surface area contributed by atoms with Gasteiger partial charge in [0, 0.05) is 28.7 Å². The number of hydrogen-bond donors (Lipinski definition) is 1. The molecule has 0 unspecified atom stereocenters. The zero-order chi connectivity index (χ0) is 14.1. The lowest BCUT2D eigenvalue weighted by atomic mass is 10.2. The summed E-state index contributed by atoms with van der Waals surface area (Å²) in [6.07, 6.45) is 0. The second-order valence-electron chi connectivity index (χ2n) is 4.76. The van der Waals surface area contributed by atoms with Crippen LogP contribution in [0, 0.1) is 0 Å². The van der Waals surface area contributed by atoms with E-state index in [2.05, 4.69) is 10.6 Å². The molecule has 0 aliphatic carbocycles. The van der Waals surface area contributed by atoms with Crippen LogP contribution < -0.4 is 10.5 Å². The number of halogens is 1. The van der Waals surface area contributed by atoms with Gasteiger partial charge in [0.25, 0.3) is 0 Å². The molecular formula is C16H15ClN2O. The fourth-order valence-electron chi connectivity index (χ4n) is 2.25. The van der Waals surface area contributed by atoms with Crippen LogP contribution in [-0.2, 0) is 13.7 Å². The van der Waals surface area contributed by atoms with Gasteiger partial charge < -0.3 is 15.0 Å². The van der Waals surface area contributed by atoms with E-state index in [-0.39, 0.29) is 0 Å². The van der Waals surface area contributed by atoms with E-state index in [0.29, 0.717) is 11.6 Å². The highest BCUT2D eigenvalue weighted by molar-refractivity contribution is 6.30. The summed E-state index contributed by atoms with van der Waals surface area (Å²) in [5.74, 6) is 0.805. The Morgan fingerprint density at radius 3 is 2.60 bits per heavy atom. The van der Waals surface area contributed by atoms with Gasteiger partial charge >= 0.3 is 0 Å². The van der Waals surface area contributed by atoms with Gasteiger partial charge in [0.1, 0.15) is 12.4 Å². The largest absolute Gasteiger partial charge is 0.487 e. The highest BCUT2D eigenvalue weighted by Crippen LogP contribution is 2.23. The number of nitrogens with zero attached hydrogens (tertiary/aromatic N) is 1. The van der Waals surface area contributed by atoms with Crippen molar-refractivity contribution in [2.45, 2.75) is 6.61 Å². The van der Waals surface area contributed by atoms with E-state index in [9.17, 15) is 0 Å². The van der Waals surface area contributed by atoms with Crippen molar-refractivity contribution in [2.75, 3.05) is 5.73 Å². The molecule has 2 aromatic carbocycles. The fraction of sp³-hybridized carbons (Fsp3) is 0.125. The predicted molar refractivity (Wildman–Crippen MR) is 83.1 cm³/mol. The maximum absolute atomic E-state index is 5.85. The fourth-order valence-corrected chi connectivity index (χ4v) is 2.38. The first-order chi connectivity index (χ1) is 9.63. The Balaban J connectivity index is 1.84. The Morgan fingerprint density at radius 1 is 1.10 bits per heavy atom. The molecule has 0 saturated heterocycles. The van der Waals surface area contributed by atoms with E-state index >= 15 is 0 Å². The molecule has 1 aromatic heterocycles. The minimum atomic E-state index is 0.507. The summed E-state index contributed by atoms with van der Waals surface area (Å²) in [5, 5.41) is 1.83. The number of fused-ring (bicyclic) bond motifs is 1. The molecule has 0 radical (unpaired) electrons. The summed E-state index contributed by atoms with van der Waals surface area (Å²) in [6.45, 7) is 0.507. The number of aromatic nitrogens is 1. The van der Waals surface area contributed by atoms with Gasteiger partial charge in [-0.3, -0.25) is 0 Å². The highest BCUT2D eigenvalue weighted by atomic mass is 35.5. The third-order valence-corrected chi connectivity index (χ3v) is 3.62. The Morgan fingerprint density at radius 2 is 1.85 bits per heavy atom. The summed E-state index contributed by atoms with van der Waals surface area (Å²) in [5.41, 5.74) is 8.83. The number of rotatable bonds is 3. The summed E-state index contributed by atoms with van der Waals surface area (Å²) < 4.78 is 7.89. The first-order valence-corrected chi connectivity index (χ1v) is 6.73. The molecule has 20 heavy (non-hydrogen) atoms. The van der Waals surface area contributed by atoms with Crippen molar-refractivity contribution in [1.29, 1.82) is 0 Å². The van der Waals surface area contributed by atoms with Crippen LogP contribution in [0.2, 0.25) is 5.02 Å². The van der Waals surface area contributed by atoms with Gasteiger partial charge in [0.2, 0.25) is 0 Å². The lowest BCUT2D eigenvalue weighted by Gasteiger charge is -2.07. The van der Waals surface area contributed by atoms with Crippen molar-refractivity contribution in [3.63, 3.8) is 0 Å². The number of ether oxygens (including phenoxy) is 1. The quantitative estimate of drug-likeness (QED) is 0.740. The number of hydrogen-bond acceptors (Lipinski definition) is 2. The number of nitrogens with two attached hydrogens (primary N) is 1. The monoisotopic (exact) mass is 286 g/mol. The van der Waals surface area contributed by atoms with Gasteiger partial charge in [-0.05, 0) is 48.5 Å². The third-order valence-electron chi connectivity index (χ3n) is 3.37. The molecule has 3 nitrogen and oxygen atoms in total. The average Bonchev–Trinajstić information content (AvgIpc) is 2.74. The van der Waals surface area contributed by atoms with Crippen molar-refractivity contribution < 1.29 is 4.74 Å². The molecule has 0 bridgehead atoms. The lowest BCUT2D eigenvalue weighted by molar-refractivity contribution is 0.298. The molecule has 4 heteroatoms. The van der Waals surface area contributed by atoms with Crippen molar-refractivity contribution in [3.8, 4) is 5.75 Å². The zero-order valence-corrected chi connectivity index (χ0v) is 11.9. The van der Waals surface area contributed by atoms with E-state index in [0.717, 1.165) is 28.0 Å².